The molecule has 2 aliphatic carbocycles. The van der Waals surface area contributed by atoms with Crippen molar-refractivity contribution >= 4 is 24.3 Å². The summed E-state index contributed by atoms with van der Waals surface area (Å²) in [6.07, 6.45) is 5.27. The molecule has 2 saturated carbocycles. The summed E-state index contributed by atoms with van der Waals surface area (Å²) in [5.74, 6) is 0.410. The fourth-order valence-corrected chi connectivity index (χ4v) is 3.96. The highest BCUT2D eigenvalue weighted by atomic mass is 35.5. The zero-order valence-corrected chi connectivity index (χ0v) is 13.4. The van der Waals surface area contributed by atoms with E-state index in [1.165, 1.54) is 12.8 Å². The van der Waals surface area contributed by atoms with E-state index in [0.29, 0.717) is 19.0 Å². The van der Waals surface area contributed by atoms with Crippen molar-refractivity contribution in [2.75, 3.05) is 33.2 Å². The van der Waals surface area contributed by atoms with Crippen molar-refractivity contribution in [2.45, 2.75) is 32.1 Å². The van der Waals surface area contributed by atoms with Crippen LogP contribution in [-0.4, -0.2) is 60.0 Å². The molecule has 1 saturated heterocycles. The van der Waals surface area contributed by atoms with Crippen LogP contribution in [0.1, 0.15) is 32.1 Å². The molecular weight excluding hydrogens is 292 g/mol. The van der Waals surface area contributed by atoms with Crippen LogP contribution in [0.15, 0.2) is 0 Å². The zero-order valence-electron chi connectivity index (χ0n) is 12.6. The van der Waals surface area contributed by atoms with Crippen molar-refractivity contribution in [3.63, 3.8) is 0 Å². The topological polar surface area (TPSA) is 60.9 Å². The number of rotatable bonds is 5. The maximum atomic E-state index is 12.2. The van der Waals surface area contributed by atoms with Crippen molar-refractivity contribution in [3.8, 4) is 0 Å². The van der Waals surface area contributed by atoms with E-state index in [0.717, 1.165) is 32.4 Å². The molecule has 0 radical (unpaired) electrons. The Labute approximate surface area is 132 Å². The van der Waals surface area contributed by atoms with E-state index in [2.05, 4.69) is 4.90 Å². The van der Waals surface area contributed by atoms with Gasteiger partial charge in [0.15, 0.2) is 0 Å². The summed E-state index contributed by atoms with van der Waals surface area (Å²) in [6, 6.07) is 0. The number of hydrogen-bond donors (Lipinski definition) is 1. The lowest BCUT2D eigenvalue weighted by Gasteiger charge is -2.24. The van der Waals surface area contributed by atoms with Crippen LogP contribution in [0.2, 0.25) is 0 Å². The summed E-state index contributed by atoms with van der Waals surface area (Å²) in [4.78, 5) is 27.7. The van der Waals surface area contributed by atoms with Crippen LogP contribution in [-0.2, 0) is 9.59 Å². The van der Waals surface area contributed by atoms with Gasteiger partial charge in [-0.15, -0.1) is 12.4 Å². The Bertz CT molecular complexity index is 427. The number of carboxylic acids is 1. The third kappa shape index (κ3) is 3.19. The molecule has 0 aromatic heterocycles. The van der Waals surface area contributed by atoms with Gasteiger partial charge in [0.25, 0.3) is 0 Å². The van der Waals surface area contributed by atoms with Crippen LogP contribution in [0.25, 0.3) is 0 Å². The molecule has 21 heavy (non-hydrogen) atoms. The normalized spacial score (nSPS) is 31.6. The third-order valence-electron chi connectivity index (χ3n) is 5.38. The van der Waals surface area contributed by atoms with E-state index in [1.54, 1.807) is 0 Å². The van der Waals surface area contributed by atoms with Crippen LogP contribution in [0.3, 0.4) is 0 Å². The first kappa shape index (κ1) is 16.6. The zero-order chi connectivity index (χ0) is 14.3. The quantitative estimate of drug-likeness (QED) is 0.834. The third-order valence-corrected chi connectivity index (χ3v) is 5.38. The van der Waals surface area contributed by atoms with E-state index in [1.807, 2.05) is 11.9 Å². The number of likely N-dealkylation sites (tertiary alicyclic amines) is 1. The van der Waals surface area contributed by atoms with Crippen LogP contribution in [0, 0.1) is 17.3 Å². The summed E-state index contributed by atoms with van der Waals surface area (Å²) in [7, 11) is 1.87. The molecule has 6 heteroatoms. The summed E-state index contributed by atoms with van der Waals surface area (Å²) < 4.78 is 0. The lowest BCUT2D eigenvalue weighted by Crippen LogP contribution is -2.40. The summed E-state index contributed by atoms with van der Waals surface area (Å²) in [5.41, 5.74) is -0.574. The first-order chi connectivity index (χ1) is 9.51. The van der Waals surface area contributed by atoms with Crippen molar-refractivity contribution < 1.29 is 14.7 Å². The van der Waals surface area contributed by atoms with Crippen LogP contribution < -0.4 is 0 Å². The van der Waals surface area contributed by atoms with E-state index in [-0.39, 0.29) is 24.2 Å². The highest BCUT2D eigenvalue weighted by Gasteiger charge is 2.54. The fourth-order valence-electron chi connectivity index (χ4n) is 3.96. The molecule has 1 aliphatic heterocycles. The number of nitrogens with zero attached hydrogens (tertiary/aromatic N) is 2. The number of fused-ring (bicyclic) bond motifs is 1. The lowest BCUT2D eigenvalue weighted by molar-refractivity contribution is -0.149. The van der Waals surface area contributed by atoms with E-state index < -0.39 is 11.4 Å². The fraction of sp³-hybridized carbons (Fsp3) is 0.867. The van der Waals surface area contributed by atoms with Gasteiger partial charge in [-0.2, -0.15) is 0 Å². The maximum Gasteiger partial charge on any atom is 0.311 e. The Morgan fingerprint density at radius 3 is 2.62 bits per heavy atom. The Balaban J connectivity index is 0.00000161. The number of carboxylic acid groups (broad SMARTS) is 1. The predicted octanol–water partition coefficient (Wildman–Crippen LogP) is 1.46. The van der Waals surface area contributed by atoms with Crippen molar-refractivity contribution in [1.82, 2.24) is 9.80 Å². The van der Waals surface area contributed by atoms with Crippen molar-refractivity contribution in [3.05, 3.63) is 0 Å². The summed E-state index contributed by atoms with van der Waals surface area (Å²) in [5, 5.41) is 9.54. The molecule has 0 spiro atoms. The maximum absolute atomic E-state index is 12.2. The van der Waals surface area contributed by atoms with Gasteiger partial charge < -0.3 is 10.0 Å². The minimum absolute atomic E-state index is 0. The SMILES string of the molecule is CN(CC1CC1)C(=O)CN1C[C@@H]2CCC[C@@]2(C(=O)O)C1.Cl. The molecule has 1 heterocycles. The molecule has 120 valence electrons. The first-order valence-corrected chi connectivity index (χ1v) is 7.71. The number of carbonyl (C=O) groups excluding carboxylic acids is 1. The molecule has 0 aromatic carbocycles. The van der Waals surface area contributed by atoms with Crippen molar-refractivity contribution in [2.24, 2.45) is 17.3 Å². The number of carbonyl (C=O) groups is 2. The second-order valence-corrected chi connectivity index (χ2v) is 6.94. The van der Waals surface area contributed by atoms with Gasteiger partial charge in [0.05, 0.1) is 12.0 Å². The molecular formula is C15H25ClN2O3. The Hall–Kier alpha value is -0.810. The molecule has 1 amide bonds. The van der Waals surface area contributed by atoms with E-state index in [4.69, 9.17) is 0 Å². The van der Waals surface area contributed by atoms with Gasteiger partial charge in [-0.1, -0.05) is 6.42 Å². The molecule has 0 bridgehead atoms. The largest absolute Gasteiger partial charge is 0.481 e. The molecule has 2 atom stereocenters. The van der Waals surface area contributed by atoms with E-state index >= 15 is 0 Å². The molecule has 3 rings (SSSR count). The van der Waals surface area contributed by atoms with Gasteiger partial charge in [-0.3, -0.25) is 14.5 Å². The van der Waals surface area contributed by atoms with Crippen LogP contribution in [0.5, 0.6) is 0 Å². The number of hydrogen-bond acceptors (Lipinski definition) is 3. The second-order valence-electron chi connectivity index (χ2n) is 6.94. The summed E-state index contributed by atoms with van der Waals surface area (Å²) in [6.45, 7) is 2.57. The van der Waals surface area contributed by atoms with E-state index in [9.17, 15) is 14.7 Å². The molecule has 5 nitrogen and oxygen atoms in total. The summed E-state index contributed by atoms with van der Waals surface area (Å²) >= 11 is 0. The van der Waals surface area contributed by atoms with Gasteiger partial charge in [-0.25, -0.2) is 0 Å². The second kappa shape index (κ2) is 6.13. The average molecular weight is 317 g/mol. The van der Waals surface area contributed by atoms with Crippen LogP contribution >= 0.6 is 12.4 Å². The monoisotopic (exact) mass is 316 g/mol. The minimum Gasteiger partial charge on any atom is -0.481 e. The number of amides is 1. The molecule has 1 N–H and O–H groups in total. The van der Waals surface area contributed by atoms with Crippen molar-refractivity contribution in [1.29, 1.82) is 0 Å². The highest BCUT2D eigenvalue weighted by Crippen LogP contribution is 2.48. The molecule has 0 aromatic rings. The Morgan fingerprint density at radius 1 is 1.33 bits per heavy atom. The average Bonchev–Trinajstić information content (AvgIpc) is 2.98. The number of halogens is 1. The molecule has 3 aliphatic rings. The molecule has 0 unspecified atom stereocenters. The Kier molecular flexibility index (Phi) is 4.83. The van der Waals surface area contributed by atoms with Gasteiger partial charge in [0.2, 0.25) is 5.91 Å². The lowest BCUT2D eigenvalue weighted by atomic mass is 9.81. The van der Waals surface area contributed by atoms with Gasteiger partial charge >= 0.3 is 5.97 Å². The smallest absolute Gasteiger partial charge is 0.311 e. The molecule has 3 fully saturated rings. The number of aliphatic carboxylic acids is 1. The van der Waals surface area contributed by atoms with Gasteiger partial charge in [0.1, 0.15) is 0 Å². The first-order valence-electron chi connectivity index (χ1n) is 7.71. The minimum atomic E-state index is -0.665. The predicted molar refractivity (Wildman–Crippen MR) is 81.5 cm³/mol. The number of likely N-dealkylation sites (N-methyl/N-ethyl adjacent to an activating group) is 1. The van der Waals surface area contributed by atoms with Gasteiger partial charge in [0, 0.05) is 26.7 Å². The Morgan fingerprint density at radius 2 is 2.05 bits per heavy atom. The van der Waals surface area contributed by atoms with Gasteiger partial charge in [-0.05, 0) is 37.5 Å². The highest BCUT2D eigenvalue weighted by molar-refractivity contribution is 5.85. The standard InChI is InChI=1S/C15H24N2O3.ClH/c1-16(7-11-4-5-11)13(18)9-17-8-12-3-2-6-15(12,10-17)14(19)20;/h11-12H,2-10H2,1H3,(H,19,20);1H/t12-,15+;/m0./s1. The van der Waals surface area contributed by atoms with Crippen LogP contribution in [0.4, 0.5) is 0 Å².